The van der Waals surface area contributed by atoms with Crippen molar-refractivity contribution in [1.29, 1.82) is 0 Å². The first-order chi connectivity index (χ1) is 14.9. The van der Waals surface area contributed by atoms with E-state index in [-0.39, 0.29) is 17.9 Å². The Morgan fingerprint density at radius 2 is 1.65 bits per heavy atom. The topological polar surface area (TPSA) is 52.6 Å². The van der Waals surface area contributed by atoms with Gasteiger partial charge in [0.1, 0.15) is 0 Å². The summed E-state index contributed by atoms with van der Waals surface area (Å²) >= 11 is 0. The lowest BCUT2D eigenvalue weighted by molar-refractivity contribution is -0.119. The molecule has 3 amide bonds. The number of rotatable bonds is 5. The Morgan fingerprint density at radius 3 is 2.35 bits per heavy atom. The van der Waals surface area contributed by atoms with Crippen molar-refractivity contribution in [3.8, 4) is 0 Å². The van der Waals surface area contributed by atoms with Crippen LogP contribution in [0.25, 0.3) is 0 Å². The first kappa shape index (κ1) is 21.4. The second-order valence-electron chi connectivity index (χ2n) is 9.20. The Hall–Kier alpha value is -2.82. The van der Waals surface area contributed by atoms with E-state index in [1.807, 2.05) is 34.9 Å². The summed E-state index contributed by atoms with van der Waals surface area (Å²) in [4.78, 5) is 30.0. The fraction of sp³-hybridized carbons (Fsp3) is 0.462. The number of urea groups is 1. The van der Waals surface area contributed by atoms with Crippen molar-refractivity contribution in [3.05, 3.63) is 58.7 Å². The van der Waals surface area contributed by atoms with Gasteiger partial charge in [-0.2, -0.15) is 0 Å². The maximum atomic E-state index is 13.4. The van der Waals surface area contributed by atoms with Crippen LogP contribution in [0.4, 0.5) is 16.2 Å². The standard InChI is InChI=1S/C26H33N3O2/c1-18-9-10-24(23(16-18)27-25(30)22-7-4-5-8-22)29-12-6-11-28(26(29)31)17-21-14-19(2)13-20(3)15-21/h9-10,13-16,22H,4-8,11-12,17H2,1-3H3,(H,27,30). The van der Waals surface area contributed by atoms with Crippen LogP contribution in [0.15, 0.2) is 36.4 Å². The molecule has 2 aromatic rings. The molecule has 0 unspecified atom stereocenters. The normalized spacial score (nSPS) is 17.3. The van der Waals surface area contributed by atoms with E-state index in [0.29, 0.717) is 13.1 Å². The highest BCUT2D eigenvalue weighted by Crippen LogP contribution is 2.32. The molecule has 2 aliphatic rings. The van der Waals surface area contributed by atoms with E-state index < -0.39 is 0 Å². The maximum Gasteiger partial charge on any atom is 0.324 e. The molecule has 0 atom stereocenters. The molecule has 1 saturated heterocycles. The molecular weight excluding hydrogens is 386 g/mol. The van der Waals surface area contributed by atoms with Crippen molar-refractivity contribution in [3.63, 3.8) is 0 Å². The van der Waals surface area contributed by atoms with Gasteiger partial charge in [0.2, 0.25) is 5.91 Å². The van der Waals surface area contributed by atoms with E-state index in [2.05, 4.69) is 37.4 Å². The molecule has 31 heavy (non-hydrogen) atoms. The number of carbonyl (C=O) groups excluding carboxylic acids is 2. The van der Waals surface area contributed by atoms with Crippen molar-refractivity contribution < 1.29 is 9.59 Å². The van der Waals surface area contributed by atoms with Crippen molar-refractivity contribution >= 4 is 23.3 Å². The van der Waals surface area contributed by atoms with Gasteiger partial charge in [0, 0.05) is 25.6 Å². The van der Waals surface area contributed by atoms with Crippen molar-refractivity contribution in [2.45, 2.75) is 59.4 Å². The van der Waals surface area contributed by atoms with Gasteiger partial charge in [-0.15, -0.1) is 0 Å². The molecule has 0 radical (unpaired) electrons. The number of amides is 3. The van der Waals surface area contributed by atoms with Crippen LogP contribution in [-0.2, 0) is 11.3 Å². The van der Waals surface area contributed by atoms with Gasteiger partial charge >= 0.3 is 6.03 Å². The van der Waals surface area contributed by atoms with Crippen molar-refractivity contribution in [2.75, 3.05) is 23.3 Å². The van der Waals surface area contributed by atoms with E-state index >= 15 is 0 Å². The molecule has 0 aromatic heterocycles. The molecule has 0 bridgehead atoms. The highest BCUT2D eigenvalue weighted by molar-refractivity contribution is 6.01. The number of nitrogens with zero attached hydrogens (tertiary/aromatic N) is 2. The molecule has 1 N–H and O–H groups in total. The lowest BCUT2D eigenvalue weighted by atomic mass is 10.1. The molecule has 1 aliphatic carbocycles. The fourth-order valence-corrected chi connectivity index (χ4v) is 4.94. The molecule has 5 heteroatoms. The van der Waals surface area contributed by atoms with Crippen LogP contribution >= 0.6 is 0 Å². The van der Waals surface area contributed by atoms with E-state index in [1.165, 1.54) is 11.1 Å². The summed E-state index contributed by atoms with van der Waals surface area (Å²) in [6.07, 6.45) is 5.06. The SMILES string of the molecule is Cc1cc(C)cc(CN2CCCN(c3ccc(C)cc3NC(=O)C3CCCC3)C2=O)c1. The number of hydrogen-bond donors (Lipinski definition) is 1. The van der Waals surface area contributed by atoms with E-state index in [0.717, 1.165) is 61.2 Å². The van der Waals surface area contributed by atoms with Crippen LogP contribution in [-0.4, -0.2) is 29.9 Å². The minimum atomic E-state index is 0.00521. The number of aryl methyl sites for hydroxylation is 3. The van der Waals surface area contributed by atoms with Gasteiger partial charge in [-0.25, -0.2) is 4.79 Å². The number of nitrogens with one attached hydrogen (secondary N) is 1. The molecule has 2 fully saturated rings. The van der Waals surface area contributed by atoms with Crippen molar-refractivity contribution in [1.82, 2.24) is 4.90 Å². The summed E-state index contributed by atoms with van der Waals surface area (Å²) in [6.45, 7) is 8.21. The van der Waals surface area contributed by atoms with Crippen LogP contribution in [0.2, 0.25) is 0 Å². The third-order valence-corrected chi connectivity index (χ3v) is 6.39. The van der Waals surface area contributed by atoms with Gasteiger partial charge in [-0.1, -0.05) is 48.2 Å². The summed E-state index contributed by atoms with van der Waals surface area (Å²) < 4.78 is 0. The third kappa shape index (κ3) is 4.92. The number of carbonyl (C=O) groups is 2. The zero-order valence-electron chi connectivity index (χ0n) is 18.9. The molecule has 5 nitrogen and oxygen atoms in total. The Morgan fingerprint density at radius 1 is 0.935 bits per heavy atom. The van der Waals surface area contributed by atoms with Gasteiger partial charge < -0.3 is 10.2 Å². The highest BCUT2D eigenvalue weighted by atomic mass is 16.2. The second kappa shape index (κ2) is 9.13. The van der Waals surface area contributed by atoms with Gasteiger partial charge in [-0.05, 0) is 63.3 Å². The maximum absolute atomic E-state index is 13.4. The quantitative estimate of drug-likeness (QED) is 0.688. The van der Waals surface area contributed by atoms with Crippen LogP contribution in [0, 0.1) is 26.7 Å². The first-order valence-electron chi connectivity index (χ1n) is 11.5. The Kier molecular flexibility index (Phi) is 6.30. The predicted octanol–water partition coefficient (Wildman–Crippen LogP) is 5.57. The van der Waals surface area contributed by atoms with Crippen LogP contribution in [0.5, 0.6) is 0 Å². The zero-order chi connectivity index (χ0) is 22.0. The summed E-state index contributed by atoms with van der Waals surface area (Å²) in [5.74, 6) is 0.173. The molecule has 4 rings (SSSR count). The predicted molar refractivity (Wildman–Crippen MR) is 125 cm³/mol. The van der Waals surface area contributed by atoms with Gasteiger partial charge in [0.05, 0.1) is 11.4 Å². The molecular formula is C26H33N3O2. The number of hydrogen-bond acceptors (Lipinski definition) is 2. The van der Waals surface area contributed by atoms with Crippen molar-refractivity contribution in [2.24, 2.45) is 5.92 Å². The van der Waals surface area contributed by atoms with Gasteiger partial charge in [0.15, 0.2) is 0 Å². The molecule has 1 heterocycles. The largest absolute Gasteiger partial charge is 0.324 e. The highest BCUT2D eigenvalue weighted by Gasteiger charge is 2.30. The van der Waals surface area contributed by atoms with E-state index in [9.17, 15) is 9.59 Å². The number of anilines is 2. The first-order valence-corrected chi connectivity index (χ1v) is 11.5. The fourth-order valence-electron chi connectivity index (χ4n) is 4.94. The molecule has 1 saturated carbocycles. The number of benzene rings is 2. The third-order valence-electron chi connectivity index (χ3n) is 6.39. The average molecular weight is 420 g/mol. The molecule has 1 aliphatic heterocycles. The zero-order valence-corrected chi connectivity index (χ0v) is 18.9. The summed E-state index contributed by atoms with van der Waals surface area (Å²) in [7, 11) is 0. The lowest BCUT2D eigenvalue weighted by Crippen LogP contribution is -2.49. The second-order valence-corrected chi connectivity index (χ2v) is 9.20. The van der Waals surface area contributed by atoms with Crippen LogP contribution in [0.3, 0.4) is 0 Å². The Balaban J connectivity index is 1.55. The van der Waals surface area contributed by atoms with Crippen LogP contribution < -0.4 is 10.2 Å². The average Bonchev–Trinajstić information content (AvgIpc) is 3.24. The summed E-state index contributed by atoms with van der Waals surface area (Å²) in [5, 5.41) is 3.14. The smallest absolute Gasteiger partial charge is 0.324 e. The van der Waals surface area contributed by atoms with Gasteiger partial charge in [0.25, 0.3) is 0 Å². The Labute approximate surface area is 185 Å². The minimum absolute atomic E-state index is 0.00521. The molecule has 0 spiro atoms. The molecule has 164 valence electrons. The van der Waals surface area contributed by atoms with E-state index in [4.69, 9.17) is 0 Å². The summed E-state index contributed by atoms with van der Waals surface area (Å²) in [6, 6.07) is 12.4. The monoisotopic (exact) mass is 419 g/mol. The van der Waals surface area contributed by atoms with Crippen LogP contribution in [0.1, 0.15) is 54.4 Å². The summed E-state index contributed by atoms with van der Waals surface area (Å²) in [5.41, 5.74) is 6.21. The van der Waals surface area contributed by atoms with E-state index in [1.54, 1.807) is 0 Å². The lowest BCUT2D eigenvalue weighted by Gasteiger charge is -2.36. The van der Waals surface area contributed by atoms with Gasteiger partial charge in [-0.3, -0.25) is 9.69 Å². The Bertz CT molecular complexity index is 958. The molecule has 2 aromatic carbocycles. The minimum Gasteiger partial charge on any atom is -0.324 e.